The molecule has 4 N–H and O–H groups in total. The minimum atomic E-state index is -1.37. The number of nitrogens with one attached hydrogen (secondary N) is 2. The Hall–Kier alpha value is -6.94. The summed E-state index contributed by atoms with van der Waals surface area (Å²) in [6.45, 7) is 0. The quantitative estimate of drug-likeness (QED) is 0.0989. The Bertz CT molecular complexity index is 2930. The van der Waals surface area contributed by atoms with Gasteiger partial charge in [-0.15, -0.1) is 0 Å². The molecule has 69 heavy (non-hydrogen) atoms. The van der Waals surface area contributed by atoms with Crippen LogP contribution in [0.1, 0.15) is 23.2 Å². The van der Waals surface area contributed by atoms with Gasteiger partial charge in [0.15, 0.2) is 0 Å². The summed E-state index contributed by atoms with van der Waals surface area (Å²) in [6.07, 6.45) is 0. The molecular weight excluding hydrogens is 976 g/mol. The van der Waals surface area contributed by atoms with Crippen molar-refractivity contribution in [3.05, 3.63) is 277 Å². The van der Waals surface area contributed by atoms with Gasteiger partial charge in [0, 0.05) is 11.1 Å². The van der Waals surface area contributed by atoms with Crippen LogP contribution in [0.3, 0.4) is 0 Å². The van der Waals surface area contributed by atoms with Crippen molar-refractivity contribution in [2.24, 2.45) is 0 Å². The summed E-state index contributed by atoms with van der Waals surface area (Å²) in [5.74, 6) is -2.23. The molecular formula is C60H50N2O4P2Ru+2. The second-order valence-electron chi connectivity index (χ2n) is 16.0. The number of aliphatic carboxylic acids is 2. The van der Waals surface area contributed by atoms with Gasteiger partial charge in [0.2, 0.25) is 0 Å². The molecule has 0 fully saturated rings. The van der Waals surface area contributed by atoms with Crippen molar-refractivity contribution in [3.8, 4) is 11.1 Å². The molecule has 10 aromatic rings. The number of hydrogen-bond acceptors (Lipinski definition) is 2. The van der Waals surface area contributed by atoms with E-state index in [9.17, 15) is 9.59 Å². The van der Waals surface area contributed by atoms with E-state index in [1.165, 1.54) is 64.5 Å². The SMILES string of the molecule is [NH-][C@H](C(=O)O)c1ccccc1.[NH-][C@H](C(=O)O)c1ccccc1.[Ru+2].c1ccc([PH+](c2ccccc2)c2ccc3ccccc3c2-c2c([PH+](c3ccccc3)c3ccccc3)ccc3ccccc23)cc1. The van der Waals surface area contributed by atoms with Crippen LogP contribution in [0.2, 0.25) is 0 Å². The summed E-state index contributed by atoms with van der Waals surface area (Å²) in [4.78, 5) is 20.6. The summed E-state index contributed by atoms with van der Waals surface area (Å²) in [5, 5.41) is 30.5. The summed E-state index contributed by atoms with van der Waals surface area (Å²) >= 11 is 0. The van der Waals surface area contributed by atoms with Crippen LogP contribution in [0.5, 0.6) is 0 Å². The Morgan fingerprint density at radius 2 is 0.580 bits per heavy atom. The summed E-state index contributed by atoms with van der Waals surface area (Å²) in [5.41, 5.74) is 18.1. The first kappa shape index (κ1) is 50.0. The van der Waals surface area contributed by atoms with Gasteiger partial charge in [-0.3, -0.25) is 9.59 Å². The van der Waals surface area contributed by atoms with Crippen molar-refractivity contribution in [2.45, 2.75) is 12.1 Å². The zero-order valence-corrected chi connectivity index (χ0v) is 41.2. The fourth-order valence-corrected chi connectivity index (χ4v) is 14.0. The first-order chi connectivity index (χ1) is 33.3. The molecule has 0 aliphatic heterocycles. The van der Waals surface area contributed by atoms with Crippen LogP contribution in [0, 0.1) is 0 Å². The molecule has 0 saturated heterocycles. The fourth-order valence-electron chi connectivity index (χ4n) is 8.45. The number of carboxylic acids is 2. The molecule has 0 amide bonds. The smallest absolute Gasteiger partial charge is 0.661 e. The van der Waals surface area contributed by atoms with E-state index in [0.717, 1.165) is 0 Å². The van der Waals surface area contributed by atoms with E-state index in [4.69, 9.17) is 21.7 Å². The first-order valence-corrected chi connectivity index (χ1v) is 25.3. The maximum absolute atomic E-state index is 10.3. The first-order valence-electron chi connectivity index (χ1n) is 22.3. The van der Waals surface area contributed by atoms with Crippen LogP contribution in [-0.2, 0) is 29.1 Å². The topological polar surface area (TPSA) is 122 Å². The van der Waals surface area contributed by atoms with E-state index in [-0.39, 0.29) is 19.5 Å². The number of fused-ring (bicyclic) bond motifs is 2. The zero-order valence-electron chi connectivity index (χ0n) is 37.5. The molecule has 0 aliphatic carbocycles. The molecule has 9 heteroatoms. The number of rotatable bonds is 11. The molecule has 2 atom stereocenters. The van der Waals surface area contributed by atoms with E-state index < -0.39 is 39.9 Å². The largest absolute Gasteiger partial charge is 2.00 e. The van der Waals surface area contributed by atoms with E-state index in [1.54, 1.807) is 60.7 Å². The van der Waals surface area contributed by atoms with Crippen LogP contribution in [-0.4, -0.2) is 22.2 Å². The molecule has 0 heterocycles. The van der Waals surface area contributed by atoms with Gasteiger partial charge >= 0.3 is 19.5 Å². The predicted molar refractivity (Wildman–Crippen MR) is 289 cm³/mol. The van der Waals surface area contributed by atoms with Gasteiger partial charge < -0.3 is 21.7 Å². The van der Waals surface area contributed by atoms with Gasteiger partial charge in [-0.1, -0.05) is 205 Å². The average Bonchev–Trinajstić information content (AvgIpc) is 3.40. The maximum atomic E-state index is 10.3. The Kier molecular flexibility index (Phi) is 17.6. The average molecular weight is 1030 g/mol. The molecule has 0 aliphatic rings. The molecule has 0 saturated carbocycles. The molecule has 10 aromatic carbocycles. The third-order valence-electron chi connectivity index (χ3n) is 11.7. The molecule has 0 bridgehead atoms. The van der Waals surface area contributed by atoms with Crippen molar-refractivity contribution in [3.63, 3.8) is 0 Å². The standard InChI is InChI=1S/C44H32P2.2C8H8NO2.Ru/c1-5-19-35(20-6-1)45(36-21-7-2-8-22-36)41-31-29-33-17-13-15-27-39(33)43(41)44-40-28-16-14-18-34(40)30-32-42(44)46(37-23-9-3-10-24-37)38-25-11-4-12-26-38;2*9-7(8(10)11)6-4-2-1-3-5-6;/h1-32H;2*1-5,7,9H,(H,10,11);/q;2*-1;+2/p+2/t;2*7-;/m.00./s1. The molecule has 6 nitrogen and oxygen atoms in total. The van der Waals surface area contributed by atoms with Crippen molar-refractivity contribution in [1.29, 1.82) is 0 Å². The third-order valence-corrected chi connectivity index (χ3v) is 17.2. The summed E-state index contributed by atoms with van der Waals surface area (Å²) < 4.78 is 0. The van der Waals surface area contributed by atoms with Crippen molar-refractivity contribution in [2.75, 3.05) is 0 Å². The van der Waals surface area contributed by atoms with Gasteiger partial charge in [-0.25, -0.2) is 0 Å². The summed E-state index contributed by atoms with van der Waals surface area (Å²) in [6, 6.07) is 86.9. The Morgan fingerprint density at radius 3 is 0.855 bits per heavy atom. The summed E-state index contributed by atoms with van der Waals surface area (Å²) in [7, 11) is -2.74. The van der Waals surface area contributed by atoms with Crippen molar-refractivity contribution in [1.82, 2.24) is 0 Å². The molecule has 10 rings (SSSR count). The molecule has 0 unspecified atom stereocenters. The molecule has 0 radical (unpaired) electrons. The van der Waals surface area contributed by atoms with Gasteiger partial charge in [-0.2, -0.15) is 0 Å². The predicted octanol–water partition coefficient (Wildman–Crippen LogP) is 12.4. The van der Waals surface area contributed by atoms with Crippen LogP contribution in [0.25, 0.3) is 44.1 Å². The van der Waals surface area contributed by atoms with E-state index in [0.29, 0.717) is 11.1 Å². The number of hydrogen-bond donors (Lipinski definition) is 2. The zero-order chi connectivity index (χ0) is 47.2. The van der Waals surface area contributed by atoms with Crippen molar-refractivity contribution < 1.29 is 39.3 Å². The van der Waals surface area contributed by atoms with Crippen LogP contribution >= 0.6 is 15.8 Å². The Balaban J connectivity index is 0.000000252. The second kappa shape index (κ2) is 24.4. The monoisotopic (exact) mass is 1030 g/mol. The maximum Gasteiger partial charge on any atom is 2.00 e. The van der Waals surface area contributed by atoms with Crippen LogP contribution in [0.15, 0.2) is 255 Å². The van der Waals surface area contributed by atoms with Gasteiger partial charge in [0.05, 0.1) is 15.8 Å². The van der Waals surface area contributed by atoms with Gasteiger partial charge in [0.1, 0.15) is 31.8 Å². The normalized spacial score (nSPS) is 11.6. The number of benzene rings is 10. The minimum absolute atomic E-state index is 0. The van der Waals surface area contributed by atoms with Gasteiger partial charge in [0.25, 0.3) is 11.9 Å². The van der Waals surface area contributed by atoms with E-state index in [1.807, 2.05) is 0 Å². The minimum Gasteiger partial charge on any atom is -0.661 e. The third kappa shape index (κ3) is 12.0. The number of carbonyl (C=O) groups is 2. The van der Waals surface area contributed by atoms with Crippen LogP contribution < -0.4 is 31.8 Å². The van der Waals surface area contributed by atoms with E-state index in [2.05, 4.69) is 194 Å². The molecule has 0 aromatic heterocycles. The van der Waals surface area contributed by atoms with Gasteiger partial charge in [-0.05, 0) is 94.3 Å². The molecule has 0 spiro atoms. The number of carboxylic acid groups (broad SMARTS) is 2. The van der Waals surface area contributed by atoms with Crippen LogP contribution in [0.4, 0.5) is 0 Å². The molecule has 340 valence electrons. The Labute approximate surface area is 418 Å². The van der Waals surface area contributed by atoms with Crippen molar-refractivity contribution >= 4 is 81.2 Å². The van der Waals surface area contributed by atoms with E-state index >= 15 is 0 Å². The second-order valence-corrected chi connectivity index (χ2v) is 20.9. The Morgan fingerprint density at radius 1 is 0.333 bits per heavy atom. The fraction of sp³-hybridized carbons (Fsp3) is 0.0333.